The van der Waals surface area contributed by atoms with E-state index in [1.165, 1.54) is 7.11 Å². The number of carbonyl (C=O) groups is 1. The van der Waals surface area contributed by atoms with E-state index >= 15 is 0 Å². The van der Waals surface area contributed by atoms with Gasteiger partial charge >= 0.3 is 0 Å². The van der Waals surface area contributed by atoms with Crippen LogP contribution in [-0.4, -0.2) is 24.9 Å². The highest BCUT2D eigenvalue weighted by Gasteiger charge is 2.26. The molecule has 5 heteroatoms. The first-order valence-corrected chi connectivity index (χ1v) is 5.30. The normalized spacial score (nSPS) is 13.8. The van der Waals surface area contributed by atoms with E-state index in [0.717, 1.165) is 6.29 Å². The van der Waals surface area contributed by atoms with Gasteiger partial charge in [-0.1, -0.05) is 25.1 Å². The first-order chi connectivity index (χ1) is 8.10. The van der Waals surface area contributed by atoms with Crippen molar-refractivity contribution in [1.29, 1.82) is 0 Å². The summed E-state index contributed by atoms with van der Waals surface area (Å²) in [5.74, 6) is -0.302. The van der Waals surface area contributed by atoms with Crippen molar-refractivity contribution in [1.82, 2.24) is 0 Å². The maximum Gasteiger partial charge on any atom is 0.211 e. The van der Waals surface area contributed by atoms with Gasteiger partial charge < -0.3 is 9.53 Å². The van der Waals surface area contributed by atoms with Gasteiger partial charge in [0.2, 0.25) is 6.54 Å². The van der Waals surface area contributed by atoms with Gasteiger partial charge in [-0.3, -0.25) is 10.1 Å². The summed E-state index contributed by atoms with van der Waals surface area (Å²) in [6.45, 7) is 1.40. The molecule has 0 aromatic heterocycles. The van der Waals surface area contributed by atoms with E-state index in [1.54, 1.807) is 31.2 Å². The number of para-hydroxylation sites is 1. The van der Waals surface area contributed by atoms with Crippen molar-refractivity contribution < 1.29 is 14.5 Å². The topological polar surface area (TPSA) is 69.4 Å². The van der Waals surface area contributed by atoms with E-state index < -0.39 is 16.8 Å². The average molecular weight is 237 g/mol. The maximum absolute atomic E-state index is 10.8. The monoisotopic (exact) mass is 237 g/mol. The predicted octanol–water partition coefficient (Wildman–Crippen LogP) is 1.89. The fraction of sp³-hybridized carbons (Fsp3) is 0.417. The Hall–Kier alpha value is -1.91. The molecule has 0 heterocycles. The Kier molecular flexibility index (Phi) is 4.63. The fourth-order valence-corrected chi connectivity index (χ4v) is 1.78. The van der Waals surface area contributed by atoms with Crippen molar-refractivity contribution in [3.8, 4) is 5.75 Å². The van der Waals surface area contributed by atoms with Gasteiger partial charge in [0.1, 0.15) is 12.0 Å². The van der Waals surface area contributed by atoms with Crippen molar-refractivity contribution in [2.24, 2.45) is 5.92 Å². The zero-order valence-electron chi connectivity index (χ0n) is 9.83. The van der Waals surface area contributed by atoms with Gasteiger partial charge in [0, 0.05) is 16.4 Å². The summed E-state index contributed by atoms with van der Waals surface area (Å²) < 4.78 is 5.16. The van der Waals surface area contributed by atoms with Crippen LogP contribution in [0.5, 0.6) is 5.75 Å². The Labute approximate surface area is 99.5 Å². The highest BCUT2D eigenvalue weighted by Crippen LogP contribution is 2.31. The minimum absolute atomic E-state index is 0.278. The lowest BCUT2D eigenvalue weighted by atomic mass is 9.87. The van der Waals surface area contributed by atoms with Gasteiger partial charge in [-0.15, -0.1) is 0 Å². The van der Waals surface area contributed by atoms with Crippen molar-refractivity contribution in [2.45, 2.75) is 12.8 Å². The molecule has 0 radical (unpaired) electrons. The number of hydrogen-bond donors (Lipinski definition) is 0. The maximum atomic E-state index is 10.8. The third-order valence-electron chi connectivity index (χ3n) is 2.73. The molecule has 0 aliphatic rings. The van der Waals surface area contributed by atoms with Crippen LogP contribution >= 0.6 is 0 Å². The van der Waals surface area contributed by atoms with Gasteiger partial charge in [-0.25, -0.2) is 0 Å². The minimum atomic E-state index is -0.460. The molecular weight excluding hydrogens is 222 g/mol. The van der Waals surface area contributed by atoms with Crippen molar-refractivity contribution in [2.75, 3.05) is 13.7 Å². The van der Waals surface area contributed by atoms with Crippen LogP contribution in [0.1, 0.15) is 18.4 Å². The van der Waals surface area contributed by atoms with Crippen LogP contribution in [0.3, 0.4) is 0 Å². The Morgan fingerprint density at radius 2 is 2.12 bits per heavy atom. The summed E-state index contributed by atoms with van der Waals surface area (Å²) in [4.78, 5) is 21.1. The zero-order valence-corrected chi connectivity index (χ0v) is 9.83. The second-order valence-corrected chi connectivity index (χ2v) is 3.86. The van der Waals surface area contributed by atoms with Crippen LogP contribution in [-0.2, 0) is 4.79 Å². The second-order valence-electron chi connectivity index (χ2n) is 3.86. The molecule has 92 valence electrons. The molecule has 0 spiro atoms. The molecule has 0 N–H and O–H groups in total. The molecule has 0 unspecified atom stereocenters. The number of methoxy groups -OCH3 is 1. The van der Waals surface area contributed by atoms with Crippen LogP contribution in [0.2, 0.25) is 0 Å². The molecule has 2 atom stereocenters. The van der Waals surface area contributed by atoms with E-state index in [0.29, 0.717) is 11.3 Å². The molecule has 0 amide bonds. The van der Waals surface area contributed by atoms with E-state index in [2.05, 4.69) is 0 Å². The molecule has 0 aliphatic carbocycles. The highest BCUT2D eigenvalue weighted by molar-refractivity contribution is 5.56. The lowest BCUT2D eigenvalue weighted by Crippen LogP contribution is -2.21. The molecule has 0 bridgehead atoms. The standard InChI is InChI=1S/C12H15NO4/c1-9(8-14)11(7-13(15)16)10-5-3-4-6-12(10)17-2/h3-6,8-9,11H,7H2,1-2H3/t9-,11-/m0/s1. The van der Waals surface area contributed by atoms with Crippen molar-refractivity contribution in [3.05, 3.63) is 39.9 Å². The number of hydrogen-bond acceptors (Lipinski definition) is 4. The Morgan fingerprint density at radius 3 is 2.65 bits per heavy atom. The molecule has 0 saturated heterocycles. The molecule has 17 heavy (non-hydrogen) atoms. The van der Waals surface area contributed by atoms with E-state index in [1.807, 2.05) is 0 Å². The predicted molar refractivity (Wildman–Crippen MR) is 62.8 cm³/mol. The summed E-state index contributed by atoms with van der Waals surface area (Å²) in [5.41, 5.74) is 0.700. The van der Waals surface area contributed by atoms with Crippen LogP contribution in [0.25, 0.3) is 0 Å². The van der Waals surface area contributed by atoms with Crippen LogP contribution in [0.4, 0.5) is 0 Å². The molecule has 1 aromatic rings. The lowest BCUT2D eigenvalue weighted by molar-refractivity contribution is -0.484. The van der Waals surface area contributed by atoms with Gasteiger partial charge in [-0.05, 0) is 6.07 Å². The van der Waals surface area contributed by atoms with Gasteiger partial charge in [0.25, 0.3) is 0 Å². The van der Waals surface area contributed by atoms with E-state index in [4.69, 9.17) is 4.74 Å². The van der Waals surface area contributed by atoms with Gasteiger partial charge in [0.05, 0.1) is 13.0 Å². The van der Waals surface area contributed by atoms with Gasteiger partial charge in [0.15, 0.2) is 0 Å². The minimum Gasteiger partial charge on any atom is -0.496 e. The smallest absolute Gasteiger partial charge is 0.211 e. The largest absolute Gasteiger partial charge is 0.496 e. The molecule has 0 aliphatic heterocycles. The van der Waals surface area contributed by atoms with Crippen LogP contribution in [0, 0.1) is 16.0 Å². The first-order valence-electron chi connectivity index (χ1n) is 5.30. The SMILES string of the molecule is COc1ccccc1[C@@H](C[N+](=O)[O-])[C@@H](C)C=O. The first kappa shape index (κ1) is 13.2. The Morgan fingerprint density at radius 1 is 1.47 bits per heavy atom. The Bertz CT molecular complexity index is 405. The van der Waals surface area contributed by atoms with E-state index in [9.17, 15) is 14.9 Å². The summed E-state index contributed by atoms with van der Waals surface area (Å²) in [6, 6.07) is 7.06. The zero-order chi connectivity index (χ0) is 12.8. The highest BCUT2D eigenvalue weighted by atomic mass is 16.6. The fourth-order valence-electron chi connectivity index (χ4n) is 1.78. The summed E-state index contributed by atoms with van der Waals surface area (Å²) >= 11 is 0. The quantitative estimate of drug-likeness (QED) is 0.430. The summed E-state index contributed by atoms with van der Waals surface area (Å²) in [5, 5.41) is 10.7. The number of benzene rings is 1. The molecule has 1 rings (SSSR count). The van der Waals surface area contributed by atoms with Gasteiger partial charge in [-0.2, -0.15) is 0 Å². The van der Waals surface area contributed by atoms with Crippen LogP contribution < -0.4 is 4.74 Å². The Balaban J connectivity index is 3.11. The third-order valence-corrected chi connectivity index (χ3v) is 2.73. The second kappa shape index (κ2) is 5.98. The number of ether oxygens (including phenoxy) is 1. The number of carbonyl (C=O) groups excluding carboxylic acids is 1. The average Bonchev–Trinajstić information content (AvgIpc) is 2.34. The molecule has 1 aromatic carbocycles. The third kappa shape index (κ3) is 3.27. The molecular formula is C12H15NO4. The number of nitrogens with zero attached hydrogens (tertiary/aromatic N) is 1. The van der Waals surface area contributed by atoms with Crippen molar-refractivity contribution in [3.63, 3.8) is 0 Å². The number of nitro groups is 1. The molecule has 0 saturated carbocycles. The van der Waals surface area contributed by atoms with Crippen LogP contribution in [0.15, 0.2) is 24.3 Å². The summed E-state index contributed by atoms with van der Waals surface area (Å²) in [7, 11) is 1.51. The number of aldehydes is 1. The summed E-state index contributed by atoms with van der Waals surface area (Å²) in [6.07, 6.45) is 0.737. The molecule has 5 nitrogen and oxygen atoms in total. The van der Waals surface area contributed by atoms with Crippen molar-refractivity contribution >= 4 is 6.29 Å². The lowest BCUT2D eigenvalue weighted by Gasteiger charge is -2.18. The molecule has 0 fully saturated rings. The number of rotatable bonds is 6. The van der Waals surface area contributed by atoms with E-state index in [-0.39, 0.29) is 6.54 Å².